The van der Waals surface area contributed by atoms with Crippen molar-refractivity contribution in [2.45, 2.75) is 25.9 Å². The fraction of sp³-hybridized carbons (Fsp3) is 0.500. The Morgan fingerprint density at radius 3 is 2.95 bits per heavy atom. The molecule has 1 fully saturated rings. The molecule has 1 aliphatic heterocycles. The zero-order valence-electron chi connectivity index (χ0n) is 11.5. The minimum atomic E-state index is 0.162. The van der Waals surface area contributed by atoms with Crippen LogP contribution in [0.25, 0.3) is 0 Å². The van der Waals surface area contributed by atoms with E-state index in [1.54, 1.807) is 0 Å². The lowest BCUT2D eigenvalue weighted by Crippen LogP contribution is -2.31. The first-order valence-corrected chi connectivity index (χ1v) is 7.62. The number of benzene rings is 1. The Balaban J connectivity index is 2.08. The van der Waals surface area contributed by atoms with Gasteiger partial charge in [0.15, 0.2) is 5.84 Å². The minimum Gasteiger partial charge on any atom is -0.409 e. The van der Waals surface area contributed by atoms with Gasteiger partial charge in [-0.3, -0.25) is 4.90 Å². The Kier molecular flexibility index (Phi) is 4.71. The van der Waals surface area contributed by atoms with Crippen LogP contribution in [0.3, 0.4) is 0 Å². The molecule has 1 aromatic carbocycles. The number of thioether (sulfide) groups is 1. The number of hydrogen-bond acceptors (Lipinski definition) is 4. The fourth-order valence-electron chi connectivity index (χ4n) is 2.36. The number of amidine groups is 1. The summed E-state index contributed by atoms with van der Waals surface area (Å²) in [7, 11) is 2.19. The fourth-order valence-corrected chi connectivity index (χ4v) is 3.66. The number of aryl methyl sites for hydroxylation is 1. The maximum atomic E-state index is 8.69. The summed E-state index contributed by atoms with van der Waals surface area (Å²) in [6, 6.07) is 6.64. The van der Waals surface area contributed by atoms with Gasteiger partial charge < -0.3 is 10.9 Å². The molecule has 104 valence electrons. The van der Waals surface area contributed by atoms with E-state index in [4.69, 9.17) is 10.9 Å². The second-order valence-corrected chi connectivity index (χ2v) is 6.21. The molecule has 1 aromatic rings. The van der Waals surface area contributed by atoms with Crippen LogP contribution in [0.5, 0.6) is 0 Å². The molecule has 19 heavy (non-hydrogen) atoms. The summed E-state index contributed by atoms with van der Waals surface area (Å²) in [5, 5.41) is 11.7. The van der Waals surface area contributed by atoms with Crippen molar-refractivity contribution in [3.8, 4) is 0 Å². The molecule has 0 spiro atoms. The van der Waals surface area contributed by atoms with Crippen LogP contribution in [0.2, 0.25) is 0 Å². The van der Waals surface area contributed by atoms with E-state index in [1.807, 2.05) is 23.9 Å². The Hall–Kier alpha value is -1.20. The molecule has 1 aliphatic rings. The van der Waals surface area contributed by atoms with Crippen molar-refractivity contribution in [2.75, 3.05) is 18.6 Å². The highest BCUT2D eigenvalue weighted by atomic mass is 32.2. The summed E-state index contributed by atoms with van der Waals surface area (Å²) in [5.74, 6) is 2.67. The van der Waals surface area contributed by atoms with Gasteiger partial charge in [0.25, 0.3) is 0 Å². The van der Waals surface area contributed by atoms with Crippen molar-refractivity contribution in [1.29, 1.82) is 0 Å². The van der Waals surface area contributed by atoms with Crippen molar-refractivity contribution in [2.24, 2.45) is 10.9 Å². The van der Waals surface area contributed by atoms with Crippen LogP contribution in [0.1, 0.15) is 23.1 Å². The molecular weight excluding hydrogens is 258 g/mol. The van der Waals surface area contributed by atoms with Crippen LogP contribution in [0.15, 0.2) is 23.4 Å². The zero-order chi connectivity index (χ0) is 13.8. The molecule has 0 amide bonds. The summed E-state index contributed by atoms with van der Waals surface area (Å²) in [5.41, 5.74) is 8.85. The Morgan fingerprint density at radius 1 is 1.58 bits per heavy atom. The summed E-state index contributed by atoms with van der Waals surface area (Å²) < 4.78 is 0. The van der Waals surface area contributed by atoms with E-state index in [-0.39, 0.29) is 5.84 Å². The molecule has 0 saturated carbocycles. The van der Waals surface area contributed by atoms with E-state index in [2.05, 4.69) is 30.1 Å². The molecule has 1 heterocycles. The summed E-state index contributed by atoms with van der Waals surface area (Å²) in [6.07, 6.45) is 1.28. The van der Waals surface area contributed by atoms with E-state index in [0.29, 0.717) is 6.04 Å². The predicted octanol–water partition coefficient (Wildman–Crippen LogP) is 2.03. The third-order valence-corrected chi connectivity index (χ3v) is 4.84. The zero-order valence-corrected chi connectivity index (χ0v) is 12.3. The molecule has 0 aliphatic carbocycles. The first kappa shape index (κ1) is 14.2. The molecule has 2 rings (SSSR count). The van der Waals surface area contributed by atoms with Gasteiger partial charge in [-0.2, -0.15) is 11.8 Å². The molecule has 4 nitrogen and oxygen atoms in total. The van der Waals surface area contributed by atoms with Crippen LogP contribution in [0, 0.1) is 6.92 Å². The number of nitrogens with zero attached hydrogens (tertiary/aromatic N) is 2. The lowest BCUT2D eigenvalue weighted by atomic mass is 10.0. The third-order valence-electron chi connectivity index (χ3n) is 3.69. The quantitative estimate of drug-likeness (QED) is 0.383. The second-order valence-electron chi connectivity index (χ2n) is 5.06. The summed E-state index contributed by atoms with van der Waals surface area (Å²) in [4.78, 5) is 2.42. The van der Waals surface area contributed by atoms with Gasteiger partial charge >= 0.3 is 0 Å². The Morgan fingerprint density at radius 2 is 2.37 bits per heavy atom. The summed E-state index contributed by atoms with van der Waals surface area (Å²) >= 11 is 2.03. The topological polar surface area (TPSA) is 61.9 Å². The lowest BCUT2D eigenvalue weighted by Gasteiger charge is -2.24. The number of rotatable bonds is 4. The third kappa shape index (κ3) is 3.42. The Bertz CT molecular complexity index is 470. The molecule has 0 aromatic heterocycles. The van der Waals surface area contributed by atoms with Gasteiger partial charge in [-0.1, -0.05) is 17.3 Å². The normalized spacial score (nSPS) is 20.2. The van der Waals surface area contributed by atoms with Crippen molar-refractivity contribution in [3.63, 3.8) is 0 Å². The average molecular weight is 279 g/mol. The van der Waals surface area contributed by atoms with Crippen LogP contribution >= 0.6 is 11.8 Å². The van der Waals surface area contributed by atoms with Gasteiger partial charge in [0.2, 0.25) is 0 Å². The highest BCUT2D eigenvalue weighted by molar-refractivity contribution is 7.99. The van der Waals surface area contributed by atoms with Gasteiger partial charge in [0.1, 0.15) is 0 Å². The monoisotopic (exact) mass is 279 g/mol. The molecular formula is C14H21N3OS. The maximum Gasteiger partial charge on any atom is 0.170 e. The number of nitrogens with two attached hydrogens (primary N) is 1. The van der Waals surface area contributed by atoms with Crippen LogP contribution in [0.4, 0.5) is 0 Å². The van der Waals surface area contributed by atoms with Crippen molar-refractivity contribution in [3.05, 3.63) is 34.9 Å². The average Bonchev–Trinajstić information content (AvgIpc) is 2.94. The number of hydrogen-bond donors (Lipinski definition) is 2. The SMILES string of the molecule is Cc1cc(/C(N)=N/O)ccc1CN(C)C1CCSC1. The molecule has 3 N–H and O–H groups in total. The van der Waals surface area contributed by atoms with E-state index >= 15 is 0 Å². The molecule has 1 unspecified atom stereocenters. The standard InChI is InChI=1S/C14H21N3OS/c1-10-7-11(14(15)16-18)3-4-12(10)8-17(2)13-5-6-19-9-13/h3-4,7,13,18H,5-6,8-9H2,1-2H3,(H2,15,16). The second kappa shape index (κ2) is 6.30. The van der Waals surface area contributed by atoms with Crippen LogP contribution in [-0.2, 0) is 6.54 Å². The highest BCUT2D eigenvalue weighted by Crippen LogP contribution is 2.23. The Labute approximate surface area is 118 Å². The molecule has 1 saturated heterocycles. The minimum absolute atomic E-state index is 0.162. The number of oxime groups is 1. The van der Waals surface area contributed by atoms with Crippen LogP contribution in [-0.4, -0.2) is 40.5 Å². The van der Waals surface area contributed by atoms with E-state index in [1.165, 1.54) is 29.1 Å². The smallest absolute Gasteiger partial charge is 0.170 e. The van der Waals surface area contributed by atoms with E-state index < -0.39 is 0 Å². The molecule has 0 bridgehead atoms. The van der Waals surface area contributed by atoms with Gasteiger partial charge in [0.05, 0.1) is 0 Å². The van der Waals surface area contributed by atoms with Crippen molar-refractivity contribution < 1.29 is 5.21 Å². The predicted molar refractivity (Wildman–Crippen MR) is 80.9 cm³/mol. The summed E-state index contributed by atoms with van der Waals surface area (Å²) in [6.45, 7) is 3.02. The van der Waals surface area contributed by atoms with E-state index in [0.717, 1.165) is 12.1 Å². The maximum absolute atomic E-state index is 8.69. The molecule has 5 heteroatoms. The van der Waals surface area contributed by atoms with Crippen molar-refractivity contribution in [1.82, 2.24) is 4.90 Å². The largest absolute Gasteiger partial charge is 0.409 e. The van der Waals surface area contributed by atoms with Gasteiger partial charge in [0, 0.05) is 23.9 Å². The first-order chi connectivity index (χ1) is 9.11. The van der Waals surface area contributed by atoms with Gasteiger partial charge in [-0.25, -0.2) is 0 Å². The molecule has 0 radical (unpaired) electrons. The lowest BCUT2D eigenvalue weighted by molar-refractivity contribution is 0.254. The van der Waals surface area contributed by atoms with E-state index in [9.17, 15) is 0 Å². The van der Waals surface area contributed by atoms with Gasteiger partial charge in [-0.15, -0.1) is 0 Å². The van der Waals surface area contributed by atoms with Crippen LogP contribution < -0.4 is 5.73 Å². The first-order valence-electron chi connectivity index (χ1n) is 6.47. The van der Waals surface area contributed by atoms with Gasteiger partial charge in [-0.05, 0) is 43.3 Å². The van der Waals surface area contributed by atoms with Crippen molar-refractivity contribution >= 4 is 17.6 Å². The molecule has 1 atom stereocenters. The highest BCUT2D eigenvalue weighted by Gasteiger charge is 2.20.